The van der Waals surface area contributed by atoms with Crippen molar-refractivity contribution < 1.29 is 26.4 Å². The smallest absolute Gasteiger partial charge is 0.353 e. The van der Waals surface area contributed by atoms with Crippen LogP contribution in [-0.2, 0) is 27.4 Å². The molecule has 1 aromatic rings. The van der Waals surface area contributed by atoms with Gasteiger partial charge < -0.3 is 5.32 Å². The van der Waals surface area contributed by atoms with Gasteiger partial charge in [-0.25, -0.2) is 12.7 Å². The van der Waals surface area contributed by atoms with Crippen molar-refractivity contribution in [1.82, 2.24) is 9.62 Å². The van der Waals surface area contributed by atoms with Crippen molar-refractivity contribution in [2.24, 2.45) is 0 Å². The van der Waals surface area contributed by atoms with Crippen molar-refractivity contribution in [3.05, 3.63) is 35.4 Å². The van der Waals surface area contributed by atoms with Gasteiger partial charge in [0.2, 0.25) is 15.9 Å². The summed E-state index contributed by atoms with van der Waals surface area (Å²) in [6.07, 6.45) is -2.47. The topological polar surface area (TPSA) is 66.5 Å². The SMILES string of the molecule is CS(=O)(=O)N1CCC(NC(=O)Cc2cccc(C(F)(F)F)c2)CC1. The Morgan fingerprint density at radius 3 is 2.46 bits per heavy atom. The second-order valence-electron chi connectivity index (χ2n) is 5.88. The number of hydrogen-bond donors (Lipinski definition) is 1. The van der Waals surface area contributed by atoms with Crippen molar-refractivity contribution in [3.8, 4) is 0 Å². The number of sulfonamides is 1. The Bertz CT molecular complexity index is 696. The van der Waals surface area contributed by atoms with Crippen molar-refractivity contribution in [2.75, 3.05) is 19.3 Å². The number of alkyl halides is 3. The summed E-state index contributed by atoms with van der Waals surface area (Å²) in [6.45, 7) is 0.653. The summed E-state index contributed by atoms with van der Waals surface area (Å²) in [7, 11) is -3.23. The van der Waals surface area contributed by atoms with Crippen LogP contribution in [0, 0.1) is 0 Å². The summed E-state index contributed by atoms with van der Waals surface area (Å²) in [5, 5.41) is 2.76. The Kier molecular flexibility index (Phi) is 5.54. The van der Waals surface area contributed by atoms with Crippen LogP contribution < -0.4 is 5.32 Å². The first-order chi connectivity index (χ1) is 11.1. The zero-order chi connectivity index (χ0) is 18.0. The minimum Gasteiger partial charge on any atom is -0.353 e. The Morgan fingerprint density at radius 1 is 1.29 bits per heavy atom. The molecule has 1 amide bonds. The highest BCUT2D eigenvalue weighted by Gasteiger charge is 2.30. The average molecular weight is 364 g/mol. The predicted octanol–water partition coefficient (Wildman–Crippen LogP) is 1.79. The lowest BCUT2D eigenvalue weighted by molar-refractivity contribution is -0.137. The zero-order valence-corrected chi connectivity index (χ0v) is 14.0. The largest absolute Gasteiger partial charge is 0.416 e. The second kappa shape index (κ2) is 7.10. The lowest BCUT2D eigenvalue weighted by Crippen LogP contribution is -2.46. The maximum Gasteiger partial charge on any atom is 0.416 e. The van der Waals surface area contributed by atoms with Gasteiger partial charge in [0, 0.05) is 19.1 Å². The maximum atomic E-state index is 12.7. The fourth-order valence-electron chi connectivity index (χ4n) is 2.65. The van der Waals surface area contributed by atoms with E-state index in [0.717, 1.165) is 18.4 Å². The van der Waals surface area contributed by atoms with Crippen molar-refractivity contribution in [3.63, 3.8) is 0 Å². The molecule has 0 aromatic heterocycles. The average Bonchev–Trinajstić information content (AvgIpc) is 2.46. The predicted molar refractivity (Wildman–Crippen MR) is 82.7 cm³/mol. The Labute approximate surface area is 138 Å². The van der Waals surface area contributed by atoms with Gasteiger partial charge in [-0.05, 0) is 24.5 Å². The van der Waals surface area contributed by atoms with Crippen LogP contribution in [0.15, 0.2) is 24.3 Å². The highest BCUT2D eigenvalue weighted by molar-refractivity contribution is 7.88. The first kappa shape index (κ1) is 18.7. The van der Waals surface area contributed by atoms with Crippen LogP contribution in [0.4, 0.5) is 13.2 Å². The van der Waals surface area contributed by atoms with Gasteiger partial charge >= 0.3 is 6.18 Å². The summed E-state index contributed by atoms with van der Waals surface area (Å²) in [6, 6.07) is 4.51. The molecule has 5 nitrogen and oxygen atoms in total. The Hall–Kier alpha value is -1.61. The van der Waals surface area contributed by atoms with Crippen LogP contribution in [0.3, 0.4) is 0 Å². The third-order valence-electron chi connectivity index (χ3n) is 3.91. The quantitative estimate of drug-likeness (QED) is 0.886. The number of carbonyl (C=O) groups is 1. The molecule has 1 N–H and O–H groups in total. The highest BCUT2D eigenvalue weighted by atomic mass is 32.2. The van der Waals surface area contributed by atoms with Gasteiger partial charge in [0.25, 0.3) is 0 Å². The van der Waals surface area contributed by atoms with Crippen LogP contribution in [0.2, 0.25) is 0 Å². The molecule has 24 heavy (non-hydrogen) atoms. The van der Waals surface area contributed by atoms with E-state index < -0.39 is 21.8 Å². The molecule has 0 radical (unpaired) electrons. The normalized spacial score (nSPS) is 17.7. The van der Waals surface area contributed by atoms with E-state index in [2.05, 4.69) is 5.32 Å². The van der Waals surface area contributed by atoms with E-state index in [1.165, 1.54) is 16.4 Å². The van der Waals surface area contributed by atoms with Gasteiger partial charge in [-0.1, -0.05) is 18.2 Å². The number of carbonyl (C=O) groups excluding carboxylic acids is 1. The van der Waals surface area contributed by atoms with E-state index in [9.17, 15) is 26.4 Å². The Balaban J connectivity index is 1.89. The van der Waals surface area contributed by atoms with E-state index in [-0.39, 0.29) is 23.9 Å². The summed E-state index contributed by atoms with van der Waals surface area (Å²) in [5.74, 6) is -0.368. The fourth-order valence-corrected chi connectivity index (χ4v) is 3.53. The van der Waals surface area contributed by atoms with E-state index >= 15 is 0 Å². The summed E-state index contributed by atoms with van der Waals surface area (Å²) < 4.78 is 62.2. The highest BCUT2D eigenvalue weighted by Crippen LogP contribution is 2.29. The molecule has 1 saturated heterocycles. The molecule has 134 valence electrons. The van der Waals surface area contributed by atoms with Crippen LogP contribution in [0.5, 0.6) is 0 Å². The van der Waals surface area contributed by atoms with E-state index in [4.69, 9.17) is 0 Å². The molecular formula is C15H19F3N2O3S. The third kappa shape index (κ3) is 5.20. The third-order valence-corrected chi connectivity index (χ3v) is 5.21. The van der Waals surface area contributed by atoms with Crippen LogP contribution in [0.1, 0.15) is 24.0 Å². The van der Waals surface area contributed by atoms with Gasteiger partial charge in [-0.2, -0.15) is 13.2 Å². The minimum absolute atomic E-state index is 0.143. The monoisotopic (exact) mass is 364 g/mol. The van der Waals surface area contributed by atoms with Gasteiger partial charge in [0.05, 0.1) is 18.2 Å². The number of nitrogens with zero attached hydrogens (tertiary/aromatic N) is 1. The number of amides is 1. The molecule has 0 saturated carbocycles. The molecule has 0 spiro atoms. The molecule has 0 atom stereocenters. The summed E-state index contributed by atoms with van der Waals surface area (Å²) in [5.41, 5.74) is -0.495. The van der Waals surface area contributed by atoms with Gasteiger partial charge in [-0.3, -0.25) is 4.79 Å². The molecule has 0 unspecified atom stereocenters. The minimum atomic E-state index is -4.44. The Morgan fingerprint density at radius 2 is 1.92 bits per heavy atom. The molecule has 0 bridgehead atoms. The lowest BCUT2D eigenvalue weighted by atomic mass is 10.0. The molecule has 1 heterocycles. The zero-order valence-electron chi connectivity index (χ0n) is 13.1. The number of nitrogens with one attached hydrogen (secondary N) is 1. The maximum absolute atomic E-state index is 12.7. The fraction of sp³-hybridized carbons (Fsp3) is 0.533. The van der Waals surface area contributed by atoms with Crippen molar-refractivity contribution in [2.45, 2.75) is 31.5 Å². The van der Waals surface area contributed by atoms with Crippen molar-refractivity contribution >= 4 is 15.9 Å². The number of piperidine rings is 1. The molecule has 0 aliphatic carbocycles. The molecule has 1 fully saturated rings. The van der Waals surface area contributed by atoms with E-state index in [0.29, 0.717) is 25.9 Å². The van der Waals surface area contributed by atoms with Gasteiger partial charge in [-0.15, -0.1) is 0 Å². The molecule has 9 heteroatoms. The molecular weight excluding hydrogens is 345 g/mol. The first-order valence-electron chi connectivity index (χ1n) is 7.46. The number of hydrogen-bond acceptors (Lipinski definition) is 3. The number of rotatable bonds is 4. The van der Waals surface area contributed by atoms with Crippen LogP contribution >= 0.6 is 0 Å². The van der Waals surface area contributed by atoms with Crippen LogP contribution in [-0.4, -0.2) is 44.0 Å². The first-order valence-corrected chi connectivity index (χ1v) is 9.31. The van der Waals surface area contributed by atoms with E-state index in [1.54, 1.807) is 0 Å². The molecule has 1 aliphatic heterocycles. The number of halogens is 3. The number of benzene rings is 1. The summed E-state index contributed by atoms with van der Waals surface area (Å²) in [4.78, 5) is 12.0. The standard InChI is InChI=1S/C15H19F3N2O3S/c1-24(22,23)20-7-5-13(6-8-20)19-14(21)10-11-3-2-4-12(9-11)15(16,17)18/h2-4,9,13H,5-8,10H2,1H3,(H,19,21). The van der Waals surface area contributed by atoms with E-state index in [1.807, 2.05) is 0 Å². The molecule has 1 aromatic carbocycles. The molecule has 1 aliphatic rings. The van der Waals surface area contributed by atoms with Gasteiger partial charge in [0.15, 0.2) is 0 Å². The van der Waals surface area contributed by atoms with Crippen molar-refractivity contribution in [1.29, 1.82) is 0 Å². The summed E-state index contributed by atoms with van der Waals surface area (Å²) >= 11 is 0. The molecule has 2 rings (SSSR count). The lowest BCUT2D eigenvalue weighted by Gasteiger charge is -2.30. The van der Waals surface area contributed by atoms with Gasteiger partial charge in [0.1, 0.15) is 0 Å². The second-order valence-corrected chi connectivity index (χ2v) is 7.86. The van der Waals surface area contributed by atoms with Crippen LogP contribution in [0.25, 0.3) is 0 Å².